The molecule has 1 saturated heterocycles. The molecule has 2 fully saturated rings. The van der Waals surface area contributed by atoms with Gasteiger partial charge in [-0.3, -0.25) is 19.1 Å². The van der Waals surface area contributed by atoms with E-state index in [4.69, 9.17) is 9.97 Å². The number of piperidine rings is 1. The number of anilines is 1. The third-order valence-electron chi connectivity index (χ3n) is 6.42. The van der Waals surface area contributed by atoms with Crippen molar-refractivity contribution < 1.29 is 9.59 Å². The van der Waals surface area contributed by atoms with Crippen molar-refractivity contribution in [3.63, 3.8) is 0 Å². The Hall–Kier alpha value is -3.10. The maximum atomic E-state index is 13.1. The molecule has 5 rings (SSSR count). The van der Waals surface area contributed by atoms with E-state index in [0.29, 0.717) is 25.2 Å². The third kappa shape index (κ3) is 3.73. The van der Waals surface area contributed by atoms with Crippen LogP contribution in [0.3, 0.4) is 0 Å². The van der Waals surface area contributed by atoms with E-state index >= 15 is 0 Å². The Labute approximate surface area is 180 Å². The standard InChI is InChI=1S/C22H26N6O3/c1-14-16-8-9-18(29)28(15-6-7-15)21(16)25-20(24-14)17-5-2-3-12-27(17)19(30)13-26-11-4-10-23-22(26)31/h4,10-11,15,17H,2-3,5-9,12-13H2,1H3. The van der Waals surface area contributed by atoms with Crippen molar-refractivity contribution in [2.24, 2.45) is 0 Å². The fourth-order valence-corrected chi connectivity index (χ4v) is 4.67. The topological polar surface area (TPSA) is 101 Å². The molecule has 162 valence electrons. The minimum Gasteiger partial charge on any atom is -0.331 e. The molecule has 4 heterocycles. The summed E-state index contributed by atoms with van der Waals surface area (Å²) in [4.78, 5) is 54.7. The molecule has 0 aromatic carbocycles. The van der Waals surface area contributed by atoms with Gasteiger partial charge in [0.25, 0.3) is 0 Å². The molecule has 0 bridgehead atoms. The molecular weight excluding hydrogens is 396 g/mol. The maximum Gasteiger partial charge on any atom is 0.347 e. The van der Waals surface area contributed by atoms with Crippen LogP contribution in [0.5, 0.6) is 0 Å². The van der Waals surface area contributed by atoms with Gasteiger partial charge in [0.1, 0.15) is 12.4 Å². The summed E-state index contributed by atoms with van der Waals surface area (Å²) in [6.45, 7) is 2.51. The molecule has 1 unspecified atom stereocenters. The SMILES string of the molecule is Cc1nc(C2CCCCN2C(=O)Cn2cccnc2=O)nc2c1CCC(=O)N2C1CC1. The predicted molar refractivity (Wildman–Crippen MR) is 112 cm³/mol. The van der Waals surface area contributed by atoms with Gasteiger partial charge in [0.15, 0.2) is 5.82 Å². The smallest absolute Gasteiger partial charge is 0.331 e. The first-order chi connectivity index (χ1) is 15.0. The van der Waals surface area contributed by atoms with Gasteiger partial charge >= 0.3 is 5.69 Å². The summed E-state index contributed by atoms with van der Waals surface area (Å²) in [5, 5.41) is 0. The first-order valence-corrected chi connectivity index (χ1v) is 11.0. The molecule has 0 spiro atoms. The van der Waals surface area contributed by atoms with E-state index in [9.17, 15) is 14.4 Å². The first-order valence-electron chi connectivity index (χ1n) is 11.0. The van der Waals surface area contributed by atoms with Crippen molar-refractivity contribution in [1.82, 2.24) is 24.4 Å². The van der Waals surface area contributed by atoms with Crippen LogP contribution in [0.4, 0.5) is 5.82 Å². The fraction of sp³-hybridized carbons (Fsp3) is 0.545. The normalized spacial score (nSPS) is 21.2. The van der Waals surface area contributed by atoms with Crippen molar-refractivity contribution in [3.05, 3.63) is 46.0 Å². The molecule has 2 aliphatic heterocycles. The van der Waals surface area contributed by atoms with Crippen molar-refractivity contribution >= 4 is 17.6 Å². The molecule has 2 aromatic heterocycles. The van der Waals surface area contributed by atoms with Gasteiger partial charge in [0.05, 0.1) is 6.04 Å². The van der Waals surface area contributed by atoms with E-state index < -0.39 is 5.69 Å². The van der Waals surface area contributed by atoms with Gasteiger partial charge in [0.2, 0.25) is 11.8 Å². The van der Waals surface area contributed by atoms with Gasteiger partial charge in [-0.2, -0.15) is 0 Å². The van der Waals surface area contributed by atoms with Gasteiger partial charge in [-0.1, -0.05) is 0 Å². The Kier molecular flexibility index (Phi) is 5.03. The second-order valence-electron chi connectivity index (χ2n) is 8.59. The summed E-state index contributed by atoms with van der Waals surface area (Å²) in [7, 11) is 0. The lowest BCUT2D eigenvalue weighted by Crippen LogP contribution is -2.43. The summed E-state index contributed by atoms with van der Waals surface area (Å²) < 4.78 is 1.32. The second-order valence-corrected chi connectivity index (χ2v) is 8.59. The Morgan fingerprint density at radius 2 is 1.97 bits per heavy atom. The van der Waals surface area contributed by atoms with E-state index in [1.165, 1.54) is 10.8 Å². The highest BCUT2D eigenvalue weighted by Crippen LogP contribution is 2.39. The molecule has 1 atom stereocenters. The lowest BCUT2D eigenvalue weighted by atomic mass is 9.99. The lowest BCUT2D eigenvalue weighted by molar-refractivity contribution is -0.136. The number of fused-ring (bicyclic) bond motifs is 1. The van der Waals surface area contributed by atoms with Crippen LogP contribution in [-0.2, 0) is 22.6 Å². The molecule has 0 N–H and O–H groups in total. The van der Waals surface area contributed by atoms with Crippen LogP contribution in [0.1, 0.15) is 61.6 Å². The molecule has 9 nitrogen and oxygen atoms in total. The van der Waals surface area contributed by atoms with Crippen LogP contribution in [0.25, 0.3) is 0 Å². The van der Waals surface area contributed by atoms with E-state index in [-0.39, 0.29) is 30.4 Å². The first kappa shape index (κ1) is 19.8. The van der Waals surface area contributed by atoms with Crippen LogP contribution in [-0.4, -0.2) is 48.8 Å². The number of hydrogen-bond acceptors (Lipinski definition) is 6. The molecule has 31 heavy (non-hydrogen) atoms. The molecule has 3 aliphatic rings. The summed E-state index contributed by atoms with van der Waals surface area (Å²) in [5.74, 6) is 1.33. The van der Waals surface area contributed by atoms with Crippen molar-refractivity contribution in [3.8, 4) is 0 Å². The molecule has 9 heteroatoms. The van der Waals surface area contributed by atoms with Gasteiger partial charge in [-0.25, -0.2) is 19.7 Å². The lowest BCUT2D eigenvalue weighted by Gasteiger charge is -2.36. The molecular formula is C22H26N6O3. The Morgan fingerprint density at radius 1 is 1.13 bits per heavy atom. The minimum atomic E-state index is -0.441. The van der Waals surface area contributed by atoms with E-state index in [0.717, 1.165) is 49.2 Å². The molecule has 2 amide bonds. The van der Waals surface area contributed by atoms with E-state index in [1.54, 1.807) is 17.2 Å². The number of carbonyl (C=O) groups is 2. The summed E-state index contributed by atoms with van der Waals surface area (Å²) in [6.07, 6.45) is 8.83. The number of carbonyl (C=O) groups excluding carboxylic acids is 2. The van der Waals surface area contributed by atoms with Crippen LogP contribution in [0.15, 0.2) is 23.3 Å². The fourth-order valence-electron chi connectivity index (χ4n) is 4.67. The highest BCUT2D eigenvalue weighted by atomic mass is 16.2. The average Bonchev–Trinajstić information content (AvgIpc) is 3.60. The number of rotatable bonds is 4. The molecule has 2 aromatic rings. The molecule has 1 saturated carbocycles. The Morgan fingerprint density at radius 3 is 2.74 bits per heavy atom. The van der Waals surface area contributed by atoms with E-state index in [1.807, 2.05) is 11.8 Å². The molecule has 0 radical (unpaired) electrons. The zero-order valence-corrected chi connectivity index (χ0v) is 17.7. The number of amides is 2. The zero-order valence-electron chi connectivity index (χ0n) is 17.7. The summed E-state index contributed by atoms with van der Waals surface area (Å²) >= 11 is 0. The van der Waals surface area contributed by atoms with Crippen molar-refractivity contribution in [1.29, 1.82) is 0 Å². The number of hydrogen-bond donors (Lipinski definition) is 0. The number of likely N-dealkylation sites (tertiary alicyclic amines) is 1. The summed E-state index contributed by atoms with van der Waals surface area (Å²) in [6, 6.07) is 1.63. The van der Waals surface area contributed by atoms with Gasteiger partial charge < -0.3 is 4.90 Å². The highest BCUT2D eigenvalue weighted by molar-refractivity contribution is 5.96. The van der Waals surface area contributed by atoms with Crippen LogP contribution >= 0.6 is 0 Å². The minimum absolute atomic E-state index is 0.0558. The summed E-state index contributed by atoms with van der Waals surface area (Å²) in [5.41, 5.74) is 1.49. The zero-order chi connectivity index (χ0) is 21.5. The van der Waals surface area contributed by atoms with Gasteiger partial charge in [0, 0.05) is 42.7 Å². The van der Waals surface area contributed by atoms with Crippen LogP contribution in [0, 0.1) is 6.92 Å². The largest absolute Gasteiger partial charge is 0.347 e. The van der Waals surface area contributed by atoms with E-state index in [2.05, 4.69) is 4.98 Å². The number of nitrogens with zero attached hydrogens (tertiary/aromatic N) is 6. The second kappa shape index (κ2) is 7.86. The Bertz CT molecular complexity index is 1090. The number of aromatic nitrogens is 4. The predicted octanol–water partition coefficient (Wildman–Crippen LogP) is 1.54. The van der Waals surface area contributed by atoms with Gasteiger partial charge in [-0.15, -0.1) is 0 Å². The maximum absolute atomic E-state index is 13.1. The monoisotopic (exact) mass is 422 g/mol. The van der Waals surface area contributed by atoms with Crippen molar-refractivity contribution in [2.45, 2.75) is 70.5 Å². The molecule has 1 aliphatic carbocycles. The quantitative estimate of drug-likeness (QED) is 0.741. The van der Waals surface area contributed by atoms with Crippen LogP contribution < -0.4 is 10.6 Å². The third-order valence-corrected chi connectivity index (χ3v) is 6.42. The highest BCUT2D eigenvalue weighted by Gasteiger charge is 2.40. The number of aryl methyl sites for hydroxylation is 1. The van der Waals surface area contributed by atoms with Gasteiger partial charge in [-0.05, 0) is 51.5 Å². The Balaban J connectivity index is 1.47. The van der Waals surface area contributed by atoms with Crippen LogP contribution in [0.2, 0.25) is 0 Å². The van der Waals surface area contributed by atoms with Crippen molar-refractivity contribution in [2.75, 3.05) is 11.4 Å². The average molecular weight is 422 g/mol.